The number of amides is 1. The molecule has 0 aromatic heterocycles. The zero-order valence-corrected chi connectivity index (χ0v) is 11.8. The van der Waals surface area contributed by atoms with Crippen LogP contribution >= 0.6 is 0 Å². The van der Waals surface area contributed by atoms with Gasteiger partial charge in [0.1, 0.15) is 0 Å². The molecule has 0 bridgehead atoms. The molecule has 1 aliphatic carbocycles. The standard InChI is InChI=1S/C14H24N2O3/c1-10(2)3-4-15-5-7-16(8-6-15)13(17)11-9-12(11)14(18)19/h10-12H,3-9H2,1-2H3,(H,18,19)/t11-,12+/m1/s1. The van der Waals surface area contributed by atoms with E-state index in [9.17, 15) is 9.59 Å². The Morgan fingerprint density at radius 1 is 1.16 bits per heavy atom. The zero-order chi connectivity index (χ0) is 14.0. The molecule has 2 rings (SSSR count). The molecule has 2 aliphatic rings. The monoisotopic (exact) mass is 268 g/mol. The van der Waals surface area contributed by atoms with Crippen molar-refractivity contribution in [3.63, 3.8) is 0 Å². The molecule has 2 fully saturated rings. The van der Waals surface area contributed by atoms with Crippen molar-refractivity contribution in [2.45, 2.75) is 26.7 Å². The normalized spacial score (nSPS) is 27.6. The molecule has 5 heteroatoms. The van der Waals surface area contributed by atoms with E-state index in [1.54, 1.807) is 0 Å². The quantitative estimate of drug-likeness (QED) is 0.804. The molecular weight excluding hydrogens is 244 g/mol. The van der Waals surface area contributed by atoms with Crippen LogP contribution < -0.4 is 0 Å². The van der Waals surface area contributed by atoms with E-state index >= 15 is 0 Å². The molecule has 1 saturated heterocycles. The van der Waals surface area contributed by atoms with Gasteiger partial charge in [0.15, 0.2) is 0 Å². The fourth-order valence-electron chi connectivity index (χ4n) is 2.61. The largest absolute Gasteiger partial charge is 0.481 e. The van der Waals surface area contributed by atoms with Gasteiger partial charge in [0.25, 0.3) is 0 Å². The Kier molecular flexibility index (Phi) is 4.45. The van der Waals surface area contributed by atoms with Gasteiger partial charge in [-0.2, -0.15) is 0 Å². The Bertz CT molecular complexity index is 349. The number of carboxylic acid groups (broad SMARTS) is 1. The molecule has 1 saturated carbocycles. The van der Waals surface area contributed by atoms with Crippen molar-refractivity contribution in [3.05, 3.63) is 0 Å². The highest BCUT2D eigenvalue weighted by molar-refractivity contribution is 5.89. The number of carboxylic acids is 1. The van der Waals surface area contributed by atoms with Gasteiger partial charge < -0.3 is 10.0 Å². The van der Waals surface area contributed by atoms with Crippen LogP contribution in [-0.2, 0) is 9.59 Å². The number of hydrogen-bond donors (Lipinski definition) is 1. The summed E-state index contributed by atoms with van der Waals surface area (Å²) in [7, 11) is 0. The lowest BCUT2D eigenvalue weighted by Crippen LogP contribution is -2.49. The number of aliphatic carboxylic acids is 1. The van der Waals surface area contributed by atoms with E-state index in [4.69, 9.17) is 5.11 Å². The third-order valence-electron chi connectivity index (χ3n) is 4.13. The molecule has 1 heterocycles. The molecule has 1 N–H and O–H groups in total. The van der Waals surface area contributed by atoms with Crippen LogP contribution in [0.3, 0.4) is 0 Å². The van der Waals surface area contributed by atoms with Gasteiger partial charge >= 0.3 is 5.97 Å². The van der Waals surface area contributed by atoms with Gasteiger partial charge in [-0.25, -0.2) is 0 Å². The van der Waals surface area contributed by atoms with E-state index in [0.29, 0.717) is 12.3 Å². The maximum Gasteiger partial charge on any atom is 0.307 e. The topological polar surface area (TPSA) is 60.9 Å². The minimum atomic E-state index is -0.825. The number of rotatable bonds is 5. The summed E-state index contributed by atoms with van der Waals surface area (Å²) in [6, 6.07) is 0. The van der Waals surface area contributed by atoms with Gasteiger partial charge in [0.2, 0.25) is 5.91 Å². The molecule has 0 spiro atoms. The fourth-order valence-corrected chi connectivity index (χ4v) is 2.61. The summed E-state index contributed by atoms with van der Waals surface area (Å²) in [5.74, 6) is -0.738. The van der Waals surface area contributed by atoms with Crippen LogP contribution in [0.25, 0.3) is 0 Å². The molecule has 0 aromatic rings. The third-order valence-corrected chi connectivity index (χ3v) is 4.13. The first-order chi connectivity index (χ1) is 8.99. The van der Waals surface area contributed by atoms with Crippen LogP contribution in [0.2, 0.25) is 0 Å². The summed E-state index contributed by atoms with van der Waals surface area (Å²) >= 11 is 0. The smallest absolute Gasteiger partial charge is 0.307 e. The van der Waals surface area contributed by atoms with Crippen LogP contribution in [0.5, 0.6) is 0 Å². The SMILES string of the molecule is CC(C)CCN1CCN(C(=O)[C@@H]2C[C@@H]2C(=O)O)CC1. The van der Waals surface area contributed by atoms with Gasteiger partial charge in [-0.1, -0.05) is 13.8 Å². The third kappa shape index (κ3) is 3.69. The van der Waals surface area contributed by atoms with Gasteiger partial charge in [-0.05, 0) is 25.3 Å². The van der Waals surface area contributed by atoms with Gasteiger partial charge in [-0.15, -0.1) is 0 Å². The van der Waals surface area contributed by atoms with Crippen molar-refractivity contribution in [3.8, 4) is 0 Å². The molecule has 5 nitrogen and oxygen atoms in total. The Balaban J connectivity index is 1.71. The minimum Gasteiger partial charge on any atom is -0.481 e. The van der Waals surface area contributed by atoms with E-state index in [1.165, 1.54) is 6.42 Å². The molecule has 2 atom stereocenters. The Hall–Kier alpha value is -1.10. The lowest BCUT2D eigenvalue weighted by Gasteiger charge is -2.35. The molecule has 108 valence electrons. The van der Waals surface area contributed by atoms with Crippen molar-refractivity contribution in [2.75, 3.05) is 32.7 Å². The summed E-state index contributed by atoms with van der Waals surface area (Å²) in [4.78, 5) is 27.1. The van der Waals surface area contributed by atoms with Crippen LogP contribution in [0.15, 0.2) is 0 Å². The van der Waals surface area contributed by atoms with E-state index < -0.39 is 11.9 Å². The highest BCUT2D eigenvalue weighted by atomic mass is 16.4. The van der Waals surface area contributed by atoms with Crippen LogP contribution in [0, 0.1) is 17.8 Å². The number of hydrogen-bond acceptors (Lipinski definition) is 3. The van der Waals surface area contributed by atoms with E-state index in [2.05, 4.69) is 18.7 Å². The molecule has 1 amide bonds. The first-order valence-electron chi connectivity index (χ1n) is 7.23. The lowest BCUT2D eigenvalue weighted by molar-refractivity contribution is -0.142. The summed E-state index contributed by atoms with van der Waals surface area (Å²) in [5, 5.41) is 8.86. The van der Waals surface area contributed by atoms with E-state index in [1.807, 2.05) is 4.90 Å². The van der Waals surface area contributed by atoms with Crippen molar-refractivity contribution in [2.24, 2.45) is 17.8 Å². The Labute approximate surface area is 114 Å². The number of piperazine rings is 1. The van der Waals surface area contributed by atoms with E-state index in [0.717, 1.165) is 32.7 Å². The zero-order valence-electron chi connectivity index (χ0n) is 11.8. The number of nitrogens with zero attached hydrogens (tertiary/aromatic N) is 2. The second kappa shape index (κ2) is 5.90. The van der Waals surface area contributed by atoms with Crippen molar-refractivity contribution in [1.29, 1.82) is 0 Å². The molecule has 0 unspecified atom stereocenters. The average molecular weight is 268 g/mol. The highest BCUT2D eigenvalue weighted by Crippen LogP contribution is 2.40. The second-order valence-corrected chi connectivity index (χ2v) is 6.14. The minimum absolute atomic E-state index is 0.0518. The van der Waals surface area contributed by atoms with Gasteiger partial charge in [0.05, 0.1) is 11.8 Å². The highest BCUT2D eigenvalue weighted by Gasteiger charge is 2.49. The van der Waals surface area contributed by atoms with Gasteiger partial charge in [-0.3, -0.25) is 14.5 Å². The maximum atomic E-state index is 12.1. The average Bonchev–Trinajstić information content (AvgIpc) is 3.16. The van der Waals surface area contributed by atoms with Crippen LogP contribution in [0.4, 0.5) is 0 Å². The first-order valence-corrected chi connectivity index (χ1v) is 7.23. The van der Waals surface area contributed by atoms with Crippen LogP contribution in [0.1, 0.15) is 26.7 Å². The molecule has 1 aliphatic heterocycles. The Morgan fingerprint density at radius 3 is 2.26 bits per heavy atom. The van der Waals surface area contributed by atoms with Crippen LogP contribution in [-0.4, -0.2) is 59.5 Å². The predicted molar refractivity (Wildman–Crippen MR) is 71.7 cm³/mol. The maximum absolute atomic E-state index is 12.1. The van der Waals surface area contributed by atoms with Crippen molar-refractivity contribution < 1.29 is 14.7 Å². The van der Waals surface area contributed by atoms with Crippen molar-refractivity contribution in [1.82, 2.24) is 9.80 Å². The van der Waals surface area contributed by atoms with Gasteiger partial charge in [0, 0.05) is 26.2 Å². The molecule has 0 aromatic carbocycles. The van der Waals surface area contributed by atoms with Crippen molar-refractivity contribution >= 4 is 11.9 Å². The number of carbonyl (C=O) groups excluding carboxylic acids is 1. The lowest BCUT2D eigenvalue weighted by atomic mass is 10.1. The Morgan fingerprint density at radius 2 is 1.79 bits per heavy atom. The first kappa shape index (κ1) is 14.3. The molecule has 0 radical (unpaired) electrons. The summed E-state index contributed by atoms with van der Waals surface area (Å²) in [6.07, 6.45) is 1.72. The molecular formula is C14H24N2O3. The van der Waals surface area contributed by atoms with E-state index in [-0.39, 0.29) is 11.8 Å². The summed E-state index contributed by atoms with van der Waals surface area (Å²) < 4.78 is 0. The fraction of sp³-hybridized carbons (Fsp3) is 0.857. The number of carbonyl (C=O) groups is 2. The summed E-state index contributed by atoms with van der Waals surface area (Å²) in [5.41, 5.74) is 0. The predicted octanol–water partition coefficient (Wildman–Crippen LogP) is 0.897. The summed E-state index contributed by atoms with van der Waals surface area (Å²) in [6.45, 7) is 8.88. The second-order valence-electron chi connectivity index (χ2n) is 6.14. The molecule has 19 heavy (non-hydrogen) atoms.